The molecule has 6 heteroatoms. The summed E-state index contributed by atoms with van der Waals surface area (Å²) >= 11 is 1.23. The zero-order valence-corrected chi connectivity index (χ0v) is 17.2. The molecule has 0 unspecified atom stereocenters. The zero-order chi connectivity index (χ0) is 20.1. The van der Waals surface area contributed by atoms with Gasteiger partial charge in [0.25, 0.3) is 5.19 Å². The topological polar surface area (TPSA) is 70.3 Å². The van der Waals surface area contributed by atoms with Crippen LogP contribution in [-0.2, 0) is 4.74 Å². The molecule has 0 saturated carbocycles. The lowest BCUT2D eigenvalue weighted by Crippen LogP contribution is -1.96. The Kier molecular flexibility index (Phi) is 24.0. The number of rotatable bonds is 8. The minimum atomic E-state index is 0.412. The van der Waals surface area contributed by atoms with Gasteiger partial charge in [0.1, 0.15) is 5.76 Å². The van der Waals surface area contributed by atoms with Crippen LogP contribution in [0.3, 0.4) is 0 Å². The second-order valence-electron chi connectivity index (χ2n) is 3.55. The van der Waals surface area contributed by atoms with Crippen LogP contribution in [0, 0.1) is 12.8 Å². The van der Waals surface area contributed by atoms with Crippen molar-refractivity contribution in [3.05, 3.63) is 36.1 Å². The highest BCUT2D eigenvalue weighted by Crippen LogP contribution is 2.19. The molecule has 1 heterocycles. The molecule has 0 amide bonds. The lowest BCUT2D eigenvalue weighted by molar-refractivity contribution is 0.240. The zero-order valence-electron chi connectivity index (χ0n) is 16.4. The predicted molar refractivity (Wildman–Crippen MR) is 111 cm³/mol. The van der Waals surface area contributed by atoms with Crippen LogP contribution in [0.4, 0.5) is 5.13 Å². The highest BCUT2D eigenvalue weighted by Gasteiger charge is 2.00. The monoisotopic (exact) mass is 367 g/mol. The standard InChI is InChI=1S/C13H19N3O2S.2C2H6.C2H2/c1-4-11(10(3)17-5-2)8-6-7-9-18-13-16-15-12(14)19-13;3*1-2/h4,6,8H,3,5,7,9H2,1-2H3,(H2,14,15);2*1-2H3;1-2H/b8-6-,11-4+;;;. The van der Waals surface area contributed by atoms with Crippen molar-refractivity contribution in [1.82, 2.24) is 10.2 Å². The third-order valence-corrected chi connectivity index (χ3v) is 2.85. The molecule has 0 atom stereocenters. The van der Waals surface area contributed by atoms with Crippen molar-refractivity contribution in [3.63, 3.8) is 0 Å². The number of ether oxygens (including phenoxy) is 2. The molecule has 0 fully saturated rings. The van der Waals surface area contributed by atoms with E-state index in [1.54, 1.807) is 0 Å². The minimum Gasteiger partial charge on any atom is -0.494 e. The van der Waals surface area contributed by atoms with Gasteiger partial charge in [-0.15, -0.1) is 17.9 Å². The summed E-state index contributed by atoms with van der Waals surface area (Å²) in [6.45, 7) is 16.9. The molecule has 1 aromatic rings. The smallest absolute Gasteiger partial charge is 0.295 e. The lowest BCUT2D eigenvalue weighted by Gasteiger charge is -2.06. The van der Waals surface area contributed by atoms with E-state index in [9.17, 15) is 0 Å². The van der Waals surface area contributed by atoms with E-state index >= 15 is 0 Å². The van der Waals surface area contributed by atoms with Gasteiger partial charge in [0.2, 0.25) is 5.13 Å². The quantitative estimate of drug-likeness (QED) is 0.294. The van der Waals surface area contributed by atoms with Gasteiger partial charge in [-0.2, -0.15) is 0 Å². The molecular formula is C19H33N3O2S. The molecule has 0 aliphatic heterocycles. The molecule has 2 N–H and O–H groups in total. The van der Waals surface area contributed by atoms with Crippen molar-refractivity contribution in [2.75, 3.05) is 18.9 Å². The summed E-state index contributed by atoms with van der Waals surface area (Å²) in [5, 5.41) is 8.34. The number of hydrogen-bond donors (Lipinski definition) is 1. The van der Waals surface area contributed by atoms with E-state index in [0.717, 1.165) is 12.0 Å². The second kappa shape index (κ2) is 21.7. The predicted octanol–water partition coefficient (Wildman–Crippen LogP) is 5.24. The van der Waals surface area contributed by atoms with E-state index in [-0.39, 0.29) is 0 Å². The van der Waals surface area contributed by atoms with Crippen LogP contribution in [0.5, 0.6) is 5.19 Å². The van der Waals surface area contributed by atoms with Crippen molar-refractivity contribution in [2.24, 2.45) is 0 Å². The summed E-state index contributed by atoms with van der Waals surface area (Å²) in [5.74, 6) is 0.680. The second-order valence-corrected chi connectivity index (χ2v) is 4.52. The van der Waals surface area contributed by atoms with Gasteiger partial charge >= 0.3 is 0 Å². The Hall–Kier alpha value is -2.26. The fourth-order valence-corrected chi connectivity index (χ4v) is 1.80. The van der Waals surface area contributed by atoms with Crippen LogP contribution in [0.25, 0.3) is 0 Å². The van der Waals surface area contributed by atoms with E-state index in [1.807, 2.05) is 59.8 Å². The maximum Gasteiger partial charge on any atom is 0.295 e. The van der Waals surface area contributed by atoms with Crippen molar-refractivity contribution in [3.8, 4) is 18.0 Å². The van der Waals surface area contributed by atoms with E-state index in [2.05, 4.69) is 29.6 Å². The van der Waals surface area contributed by atoms with Crippen LogP contribution in [0.1, 0.15) is 48.0 Å². The molecule has 0 aliphatic rings. The van der Waals surface area contributed by atoms with Crippen LogP contribution < -0.4 is 10.5 Å². The van der Waals surface area contributed by atoms with E-state index in [0.29, 0.717) is 29.3 Å². The molecule has 0 bridgehead atoms. The molecular weight excluding hydrogens is 334 g/mol. The van der Waals surface area contributed by atoms with Crippen LogP contribution >= 0.6 is 11.3 Å². The number of allylic oxidation sites excluding steroid dienone is 2. The molecule has 0 radical (unpaired) electrons. The Labute approximate surface area is 157 Å². The fraction of sp³-hybridized carbons (Fsp3) is 0.474. The number of nitrogens with two attached hydrogens (primary N) is 1. The number of aromatic nitrogens is 2. The number of anilines is 1. The largest absolute Gasteiger partial charge is 0.494 e. The first kappa shape index (κ1) is 27.6. The summed E-state index contributed by atoms with van der Waals surface area (Å²) in [6, 6.07) is 0. The summed E-state index contributed by atoms with van der Waals surface area (Å²) < 4.78 is 10.7. The first-order valence-electron chi connectivity index (χ1n) is 8.37. The first-order valence-corrected chi connectivity index (χ1v) is 9.19. The van der Waals surface area contributed by atoms with Crippen molar-refractivity contribution in [1.29, 1.82) is 0 Å². The average molecular weight is 368 g/mol. The molecule has 5 nitrogen and oxygen atoms in total. The normalized spacial score (nSPS) is 9.52. The van der Waals surface area contributed by atoms with Crippen molar-refractivity contribution < 1.29 is 9.47 Å². The van der Waals surface area contributed by atoms with E-state index in [1.165, 1.54) is 11.3 Å². The summed E-state index contributed by atoms with van der Waals surface area (Å²) in [7, 11) is 0. The minimum absolute atomic E-state index is 0.412. The SMILES string of the molecule is C#C.C=C(OCC)C(/C=C\CCOc1nnc(N)s1)=C/C.CC.CC. The maximum absolute atomic E-state index is 5.45. The number of nitrogens with zero attached hydrogens (tertiary/aromatic N) is 2. The Morgan fingerprint density at radius 2 is 1.84 bits per heavy atom. The number of terminal acetylenes is 1. The van der Waals surface area contributed by atoms with E-state index in [4.69, 9.17) is 15.2 Å². The molecule has 0 aromatic carbocycles. The third-order valence-electron chi connectivity index (χ3n) is 2.18. The van der Waals surface area contributed by atoms with Gasteiger partial charge in [0.05, 0.1) is 13.2 Å². The Morgan fingerprint density at radius 3 is 2.28 bits per heavy atom. The van der Waals surface area contributed by atoms with Crippen LogP contribution in [-0.4, -0.2) is 23.4 Å². The summed E-state index contributed by atoms with van der Waals surface area (Å²) in [6.07, 6.45) is 14.7. The number of hydrogen-bond acceptors (Lipinski definition) is 6. The molecule has 0 aliphatic carbocycles. The van der Waals surface area contributed by atoms with Gasteiger partial charge < -0.3 is 15.2 Å². The molecule has 1 aromatic heterocycles. The highest BCUT2D eigenvalue weighted by atomic mass is 32.1. The summed E-state index contributed by atoms with van der Waals surface area (Å²) in [5.41, 5.74) is 6.42. The van der Waals surface area contributed by atoms with Crippen LogP contribution in [0.2, 0.25) is 0 Å². The Morgan fingerprint density at radius 1 is 1.24 bits per heavy atom. The van der Waals surface area contributed by atoms with Gasteiger partial charge in [0, 0.05) is 5.57 Å². The molecule has 0 spiro atoms. The van der Waals surface area contributed by atoms with Gasteiger partial charge in [-0.25, -0.2) is 0 Å². The summed E-state index contributed by atoms with van der Waals surface area (Å²) in [4.78, 5) is 0. The molecule has 0 saturated heterocycles. The maximum atomic E-state index is 5.45. The molecule has 1 rings (SSSR count). The molecule has 142 valence electrons. The average Bonchev–Trinajstić information content (AvgIpc) is 3.08. The first-order chi connectivity index (χ1) is 12.2. The van der Waals surface area contributed by atoms with Gasteiger partial charge in [-0.3, -0.25) is 0 Å². The lowest BCUT2D eigenvalue weighted by atomic mass is 10.2. The Balaban J connectivity index is -0.000000725. The molecule has 25 heavy (non-hydrogen) atoms. The van der Waals surface area contributed by atoms with Gasteiger partial charge in [0.15, 0.2) is 0 Å². The van der Waals surface area contributed by atoms with Crippen molar-refractivity contribution in [2.45, 2.75) is 48.0 Å². The van der Waals surface area contributed by atoms with E-state index < -0.39 is 0 Å². The van der Waals surface area contributed by atoms with Gasteiger partial charge in [-0.1, -0.05) is 57.6 Å². The number of nitrogen functional groups attached to an aromatic ring is 1. The third kappa shape index (κ3) is 15.0. The van der Waals surface area contributed by atoms with Crippen LogP contribution in [0.15, 0.2) is 36.1 Å². The fourth-order valence-electron chi connectivity index (χ4n) is 1.31. The Bertz CT molecular complexity index is 506. The van der Waals surface area contributed by atoms with Gasteiger partial charge in [-0.05, 0) is 31.6 Å². The highest BCUT2D eigenvalue weighted by molar-refractivity contribution is 7.16. The van der Waals surface area contributed by atoms with Crippen molar-refractivity contribution >= 4 is 16.5 Å².